The van der Waals surface area contributed by atoms with Crippen LogP contribution < -0.4 is 0 Å². The summed E-state index contributed by atoms with van der Waals surface area (Å²) in [5, 5.41) is 8.82. The summed E-state index contributed by atoms with van der Waals surface area (Å²) >= 11 is 0. The summed E-state index contributed by atoms with van der Waals surface area (Å²) in [6.45, 7) is 21.1. The average molecular weight is 253 g/mol. The number of hydrogen-bond donors (Lipinski definition) is 0. The zero-order valence-electron chi connectivity index (χ0n) is 13.8. The van der Waals surface area contributed by atoms with Crippen molar-refractivity contribution >= 4 is 23.1 Å². The van der Waals surface area contributed by atoms with Gasteiger partial charge in [0.2, 0.25) is 0 Å². The van der Waals surface area contributed by atoms with Crippen molar-refractivity contribution < 1.29 is 0 Å². The first-order valence-electron chi connectivity index (χ1n) is 6.27. The largest absolute Gasteiger partial charge is 2.00 e. The summed E-state index contributed by atoms with van der Waals surface area (Å²) in [7, 11) is 0. The van der Waals surface area contributed by atoms with Crippen LogP contribution in [0.1, 0.15) is 69.2 Å². The zero-order valence-corrected chi connectivity index (χ0v) is 15.2. The first kappa shape index (κ1) is 22.8. The van der Waals surface area contributed by atoms with Gasteiger partial charge in [0.25, 0.3) is 0 Å². The van der Waals surface area contributed by atoms with E-state index < -0.39 is 0 Å². The summed E-state index contributed by atoms with van der Waals surface area (Å²) in [5.41, 5.74) is 0.294. The molecule has 0 fully saturated rings. The molecule has 0 rings (SSSR count). The molecule has 0 aliphatic rings. The molecular formula is C14H32MgN2. The SMILES string of the molecule is CC(C)[N-]C(C)(C)C.CC(C)[N-]C(C)(C)C.[Mg+2]. The number of rotatable bonds is 2. The first-order chi connectivity index (χ1) is 6.83. The van der Waals surface area contributed by atoms with Crippen LogP contribution >= 0.6 is 0 Å². The molecule has 0 aromatic heterocycles. The second-order valence-electron chi connectivity index (χ2n) is 6.79. The maximum Gasteiger partial charge on any atom is 2.00 e. The Morgan fingerprint density at radius 3 is 0.765 bits per heavy atom. The van der Waals surface area contributed by atoms with Gasteiger partial charge in [-0.1, -0.05) is 69.2 Å². The van der Waals surface area contributed by atoms with Crippen molar-refractivity contribution in [3.63, 3.8) is 0 Å². The molecule has 2 nitrogen and oxygen atoms in total. The zero-order chi connectivity index (χ0) is 13.6. The van der Waals surface area contributed by atoms with Crippen LogP contribution in [0.5, 0.6) is 0 Å². The van der Waals surface area contributed by atoms with Gasteiger partial charge < -0.3 is 10.6 Å². The molecule has 0 unspecified atom stereocenters. The topological polar surface area (TPSA) is 28.2 Å². The van der Waals surface area contributed by atoms with Crippen molar-refractivity contribution in [3.8, 4) is 0 Å². The van der Waals surface area contributed by atoms with Gasteiger partial charge in [-0.3, -0.25) is 0 Å². The third kappa shape index (κ3) is 31.5. The van der Waals surface area contributed by atoms with Gasteiger partial charge in [0.05, 0.1) is 0 Å². The van der Waals surface area contributed by atoms with Crippen LogP contribution in [0, 0.1) is 0 Å². The molecule has 100 valence electrons. The maximum atomic E-state index is 4.41. The van der Waals surface area contributed by atoms with Crippen LogP contribution in [0.15, 0.2) is 0 Å². The Kier molecular flexibility index (Phi) is 12.9. The third-order valence-electron chi connectivity index (χ3n) is 1.29. The van der Waals surface area contributed by atoms with Crippen LogP contribution in [0.2, 0.25) is 0 Å². The van der Waals surface area contributed by atoms with Crippen molar-refractivity contribution in [1.29, 1.82) is 0 Å². The molecule has 0 spiro atoms. The first-order valence-corrected chi connectivity index (χ1v) is 6.27. The Bertz CT molecular complexity index is 144. The van der Waals surface area contributed by atoms with Gasteiger partial charge in [-0.2, -0.15) is 0 Å². The van der Waals surface area contributed by atoms with Crippen molar-refractivity contribution in [3.05, 3.63) is 10.6 Å². The molecule has 0 saturated heterocycles. The van der Waals surface area contributed by atoms with Gasteiger partial charge >= 0.3 is 23.1 Å². The predicted molar refractivity (Wildman–Crippen MR) is 82.3 cm³/mol. The van der Waals surface area contributed by atoms with Gasteiger partial charge in [-0.25, -0.2) is 0 Å². The molecule has 0 aromatic rings. The smallest absolute Gasteiger partial charge is 0.655 e. The van der Waals surface area contributed by atoms with Crippen molar-refractivity contribution in [2.24, 2.45) is 0 Å². The predicted octanol–water partition coefficient (Wildman–Crippen LogP) is 4.75. The quantitative estimate of drug-likeness (QED) is 0.635. The number of nitrogens with zero attached hydrogens (tertiary/aromatic N) is 2. The van der Waals surface area contributed by atoms with E-state index in [-0.39, 0.29) is 34.1 Å². The molecule has 0 heterocycles. The summed E-state index contributed by atoms with van der Waals surface area (Å²) in [5.74, 6) is 0. The Morgan fingerprint density at radius 2 is 0.765 bits per heavy atom. The van der Waals surface area contributed by atoms with E-state index in [4.69, 9.17) is 0 Å². The van der Waals surface area contributed by atoms with E-state index in [1.165, 1.54) is 0 Å². The Hall–Kier alpha value is 0.686. The van der Waals surface area contributed by atoms with E-state index in [1.807, 2.05) is 0 Å². The summed E-state index contributed by atoms with van der Waals surface area (Å²) < 4.78 is 0. The fourth-order valence-electron chi connectivity index (χ4n) is 1.55. The molecule has 0 aliphatic heterocycles. The fraction of sp³-hybridized carbons (Fsp3) is 1.00. The van der Waals surface area contributed by atoms with Gasteiger partial charge in [-0.05, 0) is 0 Å². The molecular weight excluding hydrogens is 220 g/mol. The van der Waals surface area contributed by atoms with E-state index >= 15 is 0 Å². The molecule has 0 amide bonds. The summed E-state index contributed by atoms with van der Waals surface area (Å²) in [6, 6.07) is 0.935. The fourth-order valence-corrected chi connectivity index (χ4v) is 1.55. The Morgan fingerprint density at radius 1 is 0.588 bits per heavy atom. The maximum absolute atomic E-state index is 4.41. The van der Waals surface area contributed by atoms with E-state index in [2.05, 4.69) is 79.9 Å². The standard InChI is InChI=1S/2C7H16N.Mg/c2*1-6(2)8-7(3,4)5;/h2*6H,1-5H3;/q2*-1;+2. The molecule has 17 heavy (non-hydrogen) atoms. The third-order valence-corrected chi connectivity index (χ3v) is 1.29. The molecule has 0 atom stereocenters. The van der Waals surface area contributed by atoms with Crippen LogP contribution in [0.25, 0.3) is 10.6 Å². The molecule has 0 radical (unpaired) electrons. The normalized spacial score (nSPS) is 12.0. The van der Waals surface area contributed by atoms with Crippen LogP contribution in [-0.4, -0.2) is 46.2 Å². The minimum absolute atomic E-state index is 0. The van der Waals surface area contributed by atoms with Crippen molar-refractivity contribution in [2.75, 3.05) is 0 Å². The van der Waals surface area contributed by atoms with Gasteiger partial charge in [0.1, 0.15) is 0 Å². The molecule has 3 heteroatoms. The van der Waals surface area contributed by atoms with E-state index in [0.717, 1.165) is 0 Å². The minimum Gasteiger partial charge on any atom is -0.655 e. The van der Waals surface area contributed by atoms with Gasteiger partial charge in [0.15, 0.2) is 0 Å². The molecule has 0 N–H and O–H groups in total. The Labute approximate surface area is 126 Å². The van der Waals surface area contributed by atoms with Crippen LogP contribution in [-0.2, 0) is 0 Å². The van der Waals surface area contributed by atoms with E-state index in [1.54, 1.807) is 0 Å². The molecule has 0 aromatic carbocycles. The van der Waals surface area contributed by atoms with Crippen LogP contribution in [0.4, 0.5) is 0 Å². The number of hydrogen-bond acceptors (Lipinski definition) is 0. The molecule has 0 bridgehead atoms. The second kappa shape index (κ2) is 9.59. The summed E-state index contributed by atoms with van der Waals surface area (Å²) in [4.78, 5) is 0. The average Bonchev–Trinajstić information content (AvgIpc) is 1.72. The Balaban J connectivity index is -0.000000218. The second-order valence-corrected chi connectivity index (χ2v) is 6.79. The monoisotopic (exact) mass is 252 g/mol. The van der Waals surface area contributed by atoms with Crippen molar-refractivity contribution in [1.82, 2.24) is 0 Å². The van der Waals surface area contributed by atoms with Crippen LogP contribution in [0.3, 0.4) is 0 Å². The molecule has 0 aliphatic carbocycles. The van der Waals surface area contributed by atoms with E-state index in [0.29, 0.717) is 12.1 Å². The minimum atomic E-state index is 0. The van der Waals surface area contributed by atoms with Gasteiger partial charge in [-0.15, -0.1) is 23.2 Å². The van der Waals surface area contributed by atoms with Gasteiger partial charge in [0, 0.05) is 0 Å². The summed E-state index contributed by atoms with van der Waals surface area (Å²) in [6.07, 6.45) is 0. The van der Waals surface area contributed by atoms with E-state index in [9.17, 15) is 0 Å². The molecule has 0 saturated carbocycles. The van der Waals surface area contributed by atoms with Crippen molar-refractivity contribution in [2.45, 2.75) is 92.4 Å².